The summed E-state index contributed by atoms with van der Waals surface area (Å²) in [6, 6.07) is 2.88. The molecule has 2 N–H and O–H groups in total. The zero-order valence-electron chi connectivity index (χ0n) is 11.1. The number of rotatable bonds is 5. The molecule has 0 saturated heterocycles. The number of halogens is 1. The van der Waals surface area contributed by atoms with Crippen LogP contribution in [-0.4, -0.2) is 34.1 Å². The Morgan fingerprint density at radius 1 is 1.50 bits per heavy atom. The van der Waals surface area contributed by atoms with Crippen LogP contribution in [0.5, 0.6) is 0 Å². The first-order chi connectivity index (χ1) is 9.33. The molecule has 1 heterocycles. The van der Waals surface area contributed by atoms with E-state index >= 15 is 0 Å². The molecule has 0 bridgehead atoms. The lowest BCUT2D eigenvalue weighted by atomic mass is 10.2. The number of fused-ring (bicyclic) bond motifs is 1. The summed E-state index contributed by atoms with van der Waals surface area (Å²) in [4.78, 5) is 11.3. The predicted molar refractivity (Wildman–Crippen MR) is 75.4 cm³/mol. The number of sulfonamides is 1. The minimum atomic E-state index is -3.74. The Bertz CT molecular complexity index is 645. The van der Waals surface area contributed by atoms with Gasteiger partial charge in [0.2, 0.25) is 15.9 Å². The fourth-order valence-corrected chi connectivity index (χ4v) is 3.51. The molecule has 0 fully saturated rings. The number of amides is 1. The highest BCUT2D eigenvalue weighted by atomic mass is 35.5. The Hall–Kier alpha value is -1.15. The number of hydrogen-bond donors (Lipinski definition) is 2. The highest BCUT2D eigenvalue weighted by molar-refractivity contribution is 7.89. The van der Waals surface area contributed by atoms with Gasteiger partial charge in [-0.15, -0.1) is 0 Å². The fraction of sp³-hybridized carbons (Fsp3) is 0.417. The van der Waals surface area contributed by atoms with Crippen molar-refractivity contribution in [2.45, 2.75) is 24.3 Å². The number of carbonyl (C=O) groups is 1. The van der Waals surface area contributed by atoms with Gasteiger partial charge >= 0.3 is 0 Å². The molecule has 1 atom stereocenters. The van der Waals surface area contributed by atoms with Crippen molar-refractivity contribution in [3.63, 3.8) is 0 Å². The lowest BCUT2D eigenvalue weighted by Crippen LogP contribution is -2.31. The average Bonchev–Trinajstić information content (AvgIpc) is 2.74. The van der Waals surface area contributed by atoms with Crippen molar-refractivity contribution in [2.24, 2.45) is 0 Å². The minimum absolute atomic E-state index is 0.0299. The SMILES string of the molecule is COC(C)CNS(=O)(=O)c1cc2c(cc1Cl)NC(=O)C2. The maximum Gasteiger partial charge on any atom is 0.242 e. The van der Waals surface area contributed by atoms with Gasteiger partial charge in [-0.2, -0.15) is 0 Å². The first-order valence-electron chi connectivity index (χ1n) is 5.98. The first-order valence-corrected chi connectivity index (χ1v) is 7.84. The van der Waals surface area contributed by atoms with E-state index in [1.807, 2.05) is 0 Å². The van der Waals surface area contributed by atoms with Gasteiger partial charge in [-0.25, -0.2) is 13.1 Å². The van der Waals surface area contributed by atoms with Crippen LogP contribution in [0.25, 0.3) is 0 Å². The molecule has 20 heavy (non-hydrogen) atoms. The molecule has 1 aromatic rings. The molecule has 0 aliphatic carbocycles. The molecule has 0 radical (unpaired) electrons. The maximum absolute atomic E-state index is 12.2. The molecule has 8 heteroatoms. The number of ether oxygens (including phenoxy) is 1. The lowest BCUT2D eigenvalue weighted by molar-refractivity contribution is -0.115. The van der Waals surface area contributed by atoms with Crippen molar-refractivity contribution in [1.29, 1.82) is 0 Å². The highest BCUT2D eigenvalue weighted by Gasteiger charge is 2.25. The largest absolute Gasteiger partial charge is 0.380 e. The third-order valence-corrected chi connectivity index (χ3v) is 4.92. The number of nitrogens with one attached hydrogen (secondary N) is 2. The van der Waals surface area contributed by atoms with Crippen LogP contribution in [0, 0.1) is 0 Å². The highest BCUT2D eigenvalue weighted by Crippen LogP contribution is 2.32. The Labute approximate surface area is 122 Å². The Morgan fingerprint density at radius 2 is 2.20 bits per heavy atom. The normalized spacial score (nSPS) is 15.8. The van der Waals surface area contributed by atoms with Crippen LogP contribution < -0.4 is 10.0 Å². The van der Waals surface area contributed by atoms with Gasteiger partial charge in [0.05, 0.1) is 17.5 Å². The van der Waals surface area contributed by atoms with Gasteiger partial charge in [0, 0.05) is 19.3 Å². The van der Waals surface area contributed by atoms with Gasteiger partial charge in [0.25, 0.3) is 0 Å². The molecule has 110 valence electrons. The van der Waals surface area contributed by atoms with Crippen LogP contribution >= 0.6 is 11.6 Å². The number of anilines is 1. The van der Waals surface area contributed by atoms with E-state index in [1.165, 1.54) is 19.2 Å². The third-order valence-electron chi connectivity index (χ3n) is 3.04. The molecule has 2 rings (SSSR count). The van der Waals surface area contributed by atoms with Crippen molar-refractivity contribution in [1.82, 2.24) is 4.72 Å². The lowest BCUT2D eigenvalue weighted by Gasteiger charge is -2.13. The summed E-state index contributed by atoms with van der Waals surface area (Å²) in [6.45, 7) is 1.89. The average molecular weight is 319 g/mol. The van der Waals surface area contributed by atoms with E-state index in [-0.39, 0.29) is 34.9 Å². The van der Waals surface area contributed by atoms with Gasteiger partial charge < -0.3 is 10.1 Å². The molecule has 1 amide bonds. The summed E-state index contributed by atoms with van der Waals surface area (Å²) in [7, 11) is -2.24. The van der Waals surface area contributed by atoms with Crippen LogP contribution in [0.3, 0.4) is 0 Å². The van der Waals surface area contributed by atoms with E-state index in [9.17, 15) is 13.2 Å². The molecule has 1 unspecified atom stereocenters. The maximum atomic E-state index is 12.2. The summed E-state index contributed by atoms with van der Waals surface area (Å²) in [5.74, 6) is -0.174. The molecule has 1 aliphatic rings. The fourth-order valence-electron chi connectivity index (χ4n) is 1.82. The van der Waals surface area contributed by atoms with Crippen molar-refractivity contribution in [3.05, 3.63) is 22.7 Å². The number of methoxy groups -OCH3 is 1. The first kappa shape index (κ1) is 15.2. The third kappa shape index (κ3) is 3.12. The van der Waals surface area contributed by atoms with Crippen molar-refractivity contribution >= 4 is 33.2 Å². The van der Waals surface area contributed by atoms with Gasteiger partial charge in [-0.05, 0) is 24.6 Å². The van der Waals surface area contributed by atoms with E-state index < -0.39 is 10.0 Å². The molecule has 0 saturated carbocycles. The number of carbonyl (C=O) groups excluding carboxylic acids is 1. The van der Waals surface area contributed by atoms with Gasteiger partial charge in [-0.1, -0.05) is 11.6 Å². The van der Waals surface area contributed by atoms with E-state index in [0.717, 1.165) is 0 Å². The zero-order chi connectivity index (χ0) is 14.9. The standard InChI is InChI=1S/C12H15ClN2O4S/c1-7(19-2)6-14-20(17,18)11-3-8-4-12(16)15-10(8)5-9(11)13/h3,5,7,14H,4,6H2,1-2H3,(H,15,16). The molecule has 0 aromatic heterocycles. The smallest absolute Gasteiger partial charge is 0.242 e. The molecule has 6 nitrogen and oxygen atoms in total. The Balaban J connectivity index is 2.29. The summed E-state index contributed by atoms with van der Waals surface area (Å²) in [5, 5.41) is 2.69. The Kier molecular flexibility index (Phi) is 4.33. The van der Waals surface area contributed by atoms with E-state index in [0.29, 0.717) is 11.3 Å². The number of hydrogen-bond acceptors (Lipinski definition) is 4. The minimum Gasteiger partial charge on any atom is -0.380 e. The van der Waals surface area contributed by atoms with Gasteiger partial charge in [0.15, 0.2) is 0 Å². The van der Waals surface area contributed by atoms with E-state index in [2.05, 4.69) is 10.0 Å². The second kappa shape index (κ2) is 5.69. The second-order valence-electron chi connectivity index (χ2n) is 4.56. The van der Waals surface area contributed by atoms with Crippen molar-refractivity contribution in [3.8, 4) is 0 Å². The Morgan fingerprint density at radius 3 is 2.85 bits per heavy atom. The molecule has 1 aromatic carbocycles. The second-order valence-corrected chi connectivity index (χ2v) is 6.71. The molecular weight excluding hydrogens is 304 g/mol. The van der Waals surface area contributed by atoms with E-state index in [4.69, 9.17) is 16.3 Å². The molecule has 1 aliphatic heterocycles. The van der Waals surface area contributed by atoms with Crippen molar-refractivity contribution in [2.75, 3.05) is 19.0 Å². The topological polar surface area (TPSA) is 84.5 Å². The summed E-state index contributed by atoms with van der Waals surface area (Å²) in [5.41, 5.74) is 1.18. The van der Waals surface area contributed by atoms with Crippen molar-refractivity contribution < 1.29 is 17.9 Å². The molecular formula is C12H15ClN2O4S. The predicted octanol–water partition coefficient (Wildman–Crippen LogP) is 1.15. The zero-order valence-corrected chi connectivity index (χ0v) is 12.6. The van der Waals surface area contributed by atoms with Crippen LogP contribution in [0.2, 0.25) is 5.02 Å². The quantitative estimate of drug-likeness (QED) is 0.853. The van der Waals surface area contributed by atoms with E-state index in [1.54, 1.807) is 6.92 Å². The summed E-state index contributed by atoms with van der Waals surface area (Å²) < 4.78 is 31.8. The summed E-state index contributed by atoms with van der Waals surface area (Å²) in [6.07, 6.45) is -0.0926. The number of benzene rings is 1. The summed E-state index contributed by atoms with van der Waals surface area (Å²) >= 11 is 5.99. The van der Waals surface area contributed by atoms with Crippen LogP contribution in [-0.2, 0) is 26.0 Å². The molecule has 0 spiro atoms. The van der Waals surface area contributed by atoms with Crippen LogP contribution in [0.15, 0.2) is 17.0 Å². The van der Waals surface area contributed by atoms with Gasteiger partial charge in [0.1, 0.15) is 4.90 Å². The van der Waals surface area contributed by atoms with Crippen LogP contribution in [0.1, 0.15) is 12.5 Å². The monoisotopic (exact) mass is 318 g/mol. The van der Waals surface area contributed by atoms with Crippen LogP contribution in [0.4, 0.5) is 5.69 Å². The van der Waals surface area contributed by atoms with Gasteiger partial charge in [-0.3, -0.25) is 4.79 Å².